The van der Waals surface area contributed by atoms with E-state index in [1.54, 1.807) is 0 Å². The van der Waals surface area contributed by atoms with E-state index < -0.39 is 8.32 Å². The van der Waals surface area contributed by atoms with Gasteiger partial charge in [-0.15, -0.1) is 0 Å². The van der Waals surface area contributed by atoms with Crippen LogP contribution in [0.2, 0.25) is 18.1 Å². The van der Waals surface area contributed by atoms with Gasteiger partial charge in [-0.25, -0.2) is 0 Å². The summed E-state index contributed by atoms with van der Waals surface area (Å²) in [6.45, 7) is 6.94. The van der Waals surface area contributed by atoms with Crippen LogP contribution in [0.15, 0.2) is 30.3 Å². The molecular weight excluding hydrogens is 236 g/mol. The minimum atomic E-state index is -1.49. The zero-order valence-electron chi connectivity index (χ0n) is 12.0. The molecule has 0 aromatic heterocycles. The van der Waals surface area contributed by atoms with Gasteiger partial charge in [-0.2, -0.15) is 0 Å². The molecule has 1 aliphatic carbocycles. The topological polar surface area (TPSA) is 9.23 Å². The molecule has 1 nitrogen and oxygen atoms in total. The van der Waals surface area contributed by atoms with Crippen molar-refractivity contribution in [1.82, 2.24) is 0 Å². The first-order chi connectivity index (χ1) is 8.74. The van der Waals surface area contributed by atoms with Gasteiger partial charge in [0.25, 0.3) is 0 Å². The van der Waals surface area contributed by atoms with Crippen LogP contribution >= 0.6 is 0 Å². The zero-order chi connectivity index (χ0) is 13.0. The molecule has 0 heterocycles. The van der Waals surface area contributed by atoms with Gasteiger partial charge in [0.15, 0.2) is 8.32 Å². The van der Waals surface area contributed by atoms with Crippen molar-refractivity contribution in [3.63, 3.8) is 0 Å². The number of hydrogen-bond donors (Lipinski definition) is 0. The Kier molecular flexibility index (Phi) is 4.63. The first-order valence-corrected chi connectivity index (χ1v) is 10.0. The second kappa shape index (κ2) is 6.03. The summed E-state index contributed by atoms with van der Waals surface area (Å²) in [6.07, 6.45) is 3.07. The lowest BCUT2D eigenvalue weighted by atomic mass is 10.1. The molecule has 0 N–H and O–H groups in total. The van der Waals surface area contributed by atoms with Crippen molar-refractivity contribution in [2.75, 3.05) is 0 Å². The highest BCUT2D eigenvalue weighted by Gasteiger charge is 2.39. The maximum absolute atomic E-state index is 6.73. The molecule has 0 radical (unpaired) electrons. The lowest BCUT2D eigenvalue weighted by Gasteiger charge is -2.33. The maximum Gasteiger partial charge on any atom is 0.192 e. The lowest BCUT2D eigenvalue weighted by Crippen LogP contribution is -2.37. The van der Waals surface area contributed by atoms with Crippen LogP contribution in [0.25, 0.3) is 0 Å². The van der Waals surface area contributed by atoms with Crippen LogP contribution in [0.5, 0.6) is 0 Å². The molecule has 1 saturated carbocycles. The van der Waals surface area contributed by atoms with Crippen LogP contribution in [0, 0.1) is 5.92 Å². The monoisotopic (exact) mass is 262 g/mol. The molecule has 1 aromatic rings. The summed E-state index contributed by atoms with van der Waals surface area (Å²) in [5.41, 5.74) is 1.40. The molecule has 0 bridgehead atoms. The smallest absolute Gasteiger partial charge is 0.192 e. The van der Waals surface area contributed by atoms with E-state index in [2.05, 4.69) is 51.1 Å². The van der Waals surface area contributed by atoms with Crippen molar-refractivity contribution in [2.45, 2.75) is 57.8 Å². The first-order valence-electron chi connectivity index (χ1n) is 7.47. The van der Waals surface area contributed by atoms with Crippen molar-refractivity contribution in [1.29, 1.82) is 0 Å². The molecule has 0 spiro atoms. The van der Waals surface area contributed by atoms with Crippen LogP contribution in [0.4, 0.5) is 0 Å². The number of hydrogen-bond acceptors (Lipinski definition) is 1. The van der Waals surface area contributed by atoms with Crippen LogP contribution in [0.1, 0.15) is 45.3 Å². The lowest BCUT2D eigenvalue weighted by molar-refractivity contribution is 0.166. The second-order valence-corrected chi connectivity index (χ2v) is 10.3. The SMILES string of the molecule is CC[Si](CC)(CC)OC(c1ccccc1)C1CC1. The van der Waals surface area contributed by atoms with E-state index >= 15 is 0 Å². The number of benzene rings is 1. The Morgan fingerprint density at radius 3 is 2.06 bits per heavy atom. The summed E-state index contributed by atoms with van der Waals surface area (Å²) >= 11 is 0. The molecule has 0 aliphatic heterocycles. The molecule has 1 unspecified atom stereocenters. The van der Waals surface area contributed by atoms with E-state index in [9.17, 15) is 0 Å². The van der Waals surface area contributed by atoms with Crippen molar-refractivity contribution >= 4 is 8.32 Å². The fourth-order valence-electron chi connectivity index (χ4n) is 2.75. The Balaban J connectivity index is 2.16. The fourth-order valence-corrected chi connectivity index (χ4v) is 5.61. The number of rotatable bonds is 7. The van der Waals surface area contributed by atoms with Gasteiger partial charge < -0.3 is 4.43 Å². The molecule has 0 amide bonds. The Labute approximate surface area is 113 Å². The van der Waals surface area contributed by atoms with Crippen LogP contribution < -0.4 is 0 Å². The normalized spacial score (nSPS) is 17.7. The van der Waals surface area contributed by atoms with Crippen LogP contribution in [0.3, 0.4) is 0 Å². The van der Waals surface area contributed by atoms with Gasteiger partial charge in [-0.05, 0) is 42.5 Å². The highest BCUT2D eigenvalue weighted by molar-refractivity contribution is 6.73. The molecule has 100 valence electrons. The quantitative estimate of drug-likeness (QED) is 0.617. The first kappa shape index (κ1) is 13.8. The van der Waals surface area contributed by atoms with E-state index in [4.69, 9.17) is 4.43 Å². The predicted octanol–water partition coefficient (Wildman–Crippen LogP) is 5.16. The highest BCUT2D eigenvalue weighted by Crippen LogP contribution is 2.45. The minimum Gasteiger partial charge on any atom is -0.410 e. The Morgan fingerprint density at radius 2 is 1.61 bits per heavy atom. The molecule has 1 aromatic carbocycles. The molecule has 2 heteroatoms. The third-order valence-corrected chi connectivity index (χ3v) is 9.11. The third kappa shape index (κ3) is 3.04. The van der Waals surface area contributed by atoms with Crippen molar-refractivity contribution < 1.29 is 4.43 Å². The van der Waals surface area contributed by atoms with Gasteiger partial charge >= 0.3 is 0 Å². The Morgan fingerprint density at radius 1 is 1.06 bits per heavy atom. The molecular formula is C16H26OSi. The van der Waals surface area contributed by atoms with Crippen LogP contribution in [-0.4, -0.2) is 8.32 Å². The molecule has 2 rings (SSSR count). The van der Waals surface area contributed by atoms with E-state index in [0.29, 0.717) is 6.10 Å². The molecule has 1 aliphatic rings. The standard InChI is InChI=1S/C16H26OSi/c1-4-18(5-2,6-3)17-16(15-12-13-15)14-10-8-7-9-11-14/h7-11,15-16H,4-6,12-13H2,1-3H3. The van der Waals surface area contributed by atoms with E-state index in [1.807, 2.05) is 0 Å². The Hall–Kier alpha value is -0.603. The summed E-state index contributed by atoms with van der Waals surface area (Å²) < 4.78 is 6.73. The van der Waals surface area contributed by atoms with E-state index in [-0.39, 0.29) is 0 Å². The van der Waals surface area contributed by atoms with Gasteiger partial charge in [-0.1, -0.05) is 51.1 Å². The predicted molar refractivity (Wildman–Crippen MR) is 80.2 cm³/mol. The van der Waals surface area contributed by atoms with E-state index in [0.717, 1.165) is 5.92 Å². The fraction of sp³-hybridized carbons (Fsp3) is 0.625. The van der Waals surface area contributed by atoms with Gasteiger partial charge in [0.2, 0.25) is 0 Å². The second-order valence-electron chi connectivity index (χ2n) is 5.53. The summed E-state index contributed by atoms with van der Waals surface area (Å²) in [5, 5.41) is 0. The highest BCUT2D eigenvalue weighted by atomic mass is 28.4. The van der Waals surface area contributed by atoms with E-state index in [1.165, 1.54) is 36.5 Å². The molecule has 0 saturated heterocycles. The maximum atomic E-state index is 6.73. The summed E-state index contributed by atoms with van der Waals surface area (Å²) in [6, 6.07) is 14.6. The molecule has 1 fully saturated rings. The van der Waals surface area contributed by atoms with Gasteiger partial charge in [-0.3, -0.25) is 0 Å². The Bertz CT molecular complexity index is 346. The van der Waals surface area contributed by atoms with Crippen molar-refractivity contribution in [2.24, 2.45) is 5.92 Å². The summed E-state index contributed by atoms with van der Waals surface area (Å²) in [7, 11) is -1.49. The summed E-state index contributed by atoms with van der Waals surface area (Å²) in [5.74, 6) is 0.781. The average molecular weight is 262 g/mol. The van der Waals surface area contributed by atoms with Crippen molar-refractivity contribution in [3.05, 3.63) is 35.9 Å². The zero-order valence-corrected chi connectivity index (χ0v) is 13.0. The van der Waals surface area contributed by atoms with Crippen LogP contribution in [-0.2, 0) is 4.43 Å². The van der Waals surface area contributed by atoms with Crippen molar-refractivity contribution in [3.8, 4) is 0 Å². The molecule has 18 heavy (non-hydrogen) atoms. The minimum absolute atomic E-state index is 0.373. The average Bonchev–Trinajstić information content (AvgIpc) is 3.27. The van der Waals surface area contributed by atoms with Gasteiger partial charge in [0.05, 0.1) is 6.10 Å². The van der Waals surface area contributed by atoms with Gasteiger partial charge in [0, 0.05) is 0 Å². The largest absolute Gasteiger partial charge is 0.410 e. The summed E-state index contributed by atoms with van der Waals surface area (Å²) in [4.78, 5) is 0. The van der Waals surface area contributed by atoms with Gasteiger partial charge in [0.1, 0.15) is 0 Å². The third-order valence-electron chi connectivity index (χ3n) is 4.49. The molecule has 1 atom stereocenters.